The van der Waals surface area contributed by atoms with Crippen LogP contribution in [0, 0.1) is 0 Å². The molecular formula is C25H36O10. The van der Waals surface area contributed by atoms with E-state index >= 15 is 0 Å². The summed E-state index contributed by atoms with van der Waals surface area (Å²) < 4.78 is 21.7. The Morgan fingerprint density at radius 1 is 0.943 bits per heavy atom. The van der Waals surface area contributed by atoms with Gasteiger partial charge in [-0.25, -0.2) is 4.79 Å². The van der Waals surface area contributed by atoms with E-state index in [1.165, 1.54) is 50.3 Å². The van der Waals surface area contributed by atoms with Crippen molar-refractivity contribution in [1.29, 1.82) is 0 Å². The molecule has 2 aromatic rings. The van der Waals surface area contributed by atoms with Gasteiger partial charge in [-0.15, -0.1) is 0 Å². The molecule has 196 valence electrons. The standard InChI is InChI=1S/C25H36O10/c1-2-3-4-5-6-7-8-9-12-32-23-19(27)16-11-10-15(13-17(16)34-24(23)31)33-25-22(30)21(29)20(28)18(14-26)35-25/h10-11,13,18,20-22,25-30H,2-9,12,14H2,1H3/t18-,20-,21+,22-,25?/m1/s1. The maximum Gasteiger partial charge on any atom is 0.383 e. The van der Waals surface area contributed by atoms with Crippen molar-refractivity contribution in [3.63, 3.8) is 0 Å². The average Bonchev–Trinajstić information content (AvgIpc) is 2.84. The molecule has 0 amide bonds. The van der Waals surface area contributed by atoms with Crippen molar-refractivity contribution >= 4 is 11.0 Å². The Kier molecular flexibility index (Phi) is 10.2. The Hall–Kier alpha value is -2.37. The van der Waals surface area contributed by atoms with Crippen molar-refractivity contribution in [3.05, 3.63) is 28.6 Å². The van der Waals surface area contributed by atoms with Crippen LogP contribution < -0.4 is 15.1 Å². The van der Waals surface area contributed by atoms with Gasteiger partial charge in [0, 0.05) is 6.07 Å². The molecule has 0 radical (unpaired) electrons. The number of rotatable bonds is 13. The van der Waals surface area contributed by atoms with Crippen LogP contribution in [0.3, 0.4) is 0 Å². The average molecular weight is 497 g/mol. The molecular weight excluding hydrogens is 460 g/mol. The lowest BCUT2D eigenvalue weighted by molar-refractivity contribution is -0.277. The fraction of sp³-hybridized carbons (Fsp3) is 0.640. The largest absolute Gasteiger partial charge is 0.504 e. The highest BCUT2D eigenvalue weighted by molar-refractivity contribution is 5.86. The number of aliphatic hydroxyl groups excluding tert-OH is 4. The predicted molar refractivity (Wildman–Crippen MR) is 127 cm³/mol. The molecule has 1 saturated heterocycles. The summed E-state index contributed by atoms with van der Waals surface area (Å²) in [5.74, 6) is -0.477. The molecule has 2 heterocycles. The van der Waals surface area contributed by atoms with E-state index in [4.69, 9.17) is 18.6 Å². The summed E-state index contributed by atoms with van der Waals surface area (Å²) in [7, 11) is 0. The Morgan fingerprint density at radius 2 is 1.63 bits per heavy atom. The summed E-state index contributed by atoms with van der Waals surface area (Å²) in [5.41, 5.74) is -0.812. The van der Waals surface area contributed by atoms with E-state index in [1.807, 2.05) is 0 Å². The topological polar surface area (TPSA) is 159 Å². The normalized spacial score (nSPS) is 24.5. The maximum absolute atomic E-state index is 12.4. The summed E-state index contributed by atoms with van der Waals surface area (Å²) in [5, 5.41) is 50.0. The van der Waals surface area contributed by atoms with E-state index in [-0.39, 0.29) is 34.8 Å². The van der Waals surface area contributed by atoms with Crippen molar-refractivity contribution in [2.75, 3.05) is 13.2 Å². The highest BCUT2D eigenvalue weighted by Gasteiger charge is 2.44. The Labute approximate surface area is 203 Å². The highest BCUT2D eigenvalue weighted by Crippen LogP contribution is 2.34. The Balaban J connectivity index is 1.60. The van der Waals surface area contributed by atoms with Gasteiger partial charge in [0.05, 0.1) is 18.6 Å². The van der Waals surface area contributed by atoms with Crippen molar-refractivity contribution < 1.29 is 44.2 Å². The predicted octanol–water partition coefficient (Wildman–Crippen LogP) is 2.20. The van der Waals surface area contributed by atoms with Gasteiger partial charge in [-0.05, 0) is 18.6 Å². The number of fused-ring (bicyclic) bond motifs is 1. The van der Waals surface area contributed by atoms with Crippen LogP contribution in [0.15, 0.2) is 27.4 Å². The highest BCUT2D eigenvalue weighted by atomic mass is 16.7. The quantitative estimate of drug-likeness (QED) is 0.205. The molecule has 3 rings (SSSR count). The van der Waals surface area contributed by atoms with Crippen LogP contribution in [0.2, 0.25) is 0 Å². The first-order valence-corrected chi connectivity index (χ1v) is 12.3. The smallest absolute Gasteiger partial charge is 0.383 e. The fourth-order valence-corrected chi connectivity index (χ4v) is 4.06. The van der Waals surface area contributed by atoms with E-state index in [9.17, 15) is 30.3 Å². The minimum absolute atomic E-state index is 0.0222. The third-order valence-corrected chi connectivity index (χ3v) is 6.16. The number of unbranched alkanes of at least 4 members (excludes halogenated alkanes) is 7. The van der Waals surface area contributed by atoms with Crippen LogP contribution in [0.4, 0.5) is 0 Å². The number of benzene rings is 1. The number of hydrogen-bond donors (Lipinski definition) is 5. The molecule has 35 heavy (non-hydrogen) atoms. The lowest BCUT2D eigenvalue weighted by Crippen LogP contribution is -2.60. The van der Waals surface area contributed by atoms with Gasteiger partial charge in [-0.1, -0.05) is 51.9 Å². The third-order valence-electron chi connectivity index (χ3n) is 6.16. The van der Waals surface area contributed by atoms with Gasteiger partial charge in [0.2, 0.25) is 12.0 Å². The fourth-order valence-electron chi connectivity index (χ4n) is 4.06. The molecule has 0 aliphatic carbocycles. The van der Waals surface area contributed by atoms with Crippen LogP contribution in [-0.2, 0) is 4.74 Å². The number of ether oxygens (including phenoxy) is 3. The first kappa shape index (κ1) is 27.2. The lowest BCUT2D eigenvalue weighted by Gasteiger charge is -2.39. The van der Waals surface area contributed by atoms with Crippen LogP contribution >= 0.6 is 0 Å². The molecule has 5 N–H and O–H groups in total. The summed E-state index contributed by atoms with van der Waals surface area (Å²) >= 11 is 0. The number of hydrogen-bond acceptors (Lipinski definition) is 10. The molecule has 0 saturated carbocycles. The Morgan fingerprint density at radius 3 is 2.31 bits per heavy atom. The maximum atomic E-state index is 12.4. The van der Waals surface area contributed by atoms with Crippen molar-refractivity contribution in [1.82, 2.24) is 0 Å². The van der Waals surface area contributed by atoms with E-state index in [0.29, 0.717) is 0 Å². The second-order valence-corrected chi connectivity index (χ2v) is 8.86. The summed E-state index contributed by atoms with van der Waals surface area (Å²) in [6.07, 6.45) is 1.79. The molecule has 1 aliphatic rings. The number of aromatic hydroxyl groups is 1. The summed E-state index contributed by atoms with van der Waals surface area (Å²) in [4.78, 5) is 12.4. The van der Waals surface area contributed by atoms with Crippen LogP contribution in [0.1, 0.15) is 58.3 Å². The zero-order chi connectivity index (χ0) is 25.4. The third kappa shape index (κ3) is 6.86. The molecule has 1 aromatic carbocycles. The SMILES string of the molecule is CCCCCCCCCCOc1c(O)c2ccc(OC3O[C@H](CO)[C@@H](O)[C@H](O)[C@H]3O)cc2oc1=O. The second kappa shape index (κ2) is 13.1. The molecule has 1 unspecified atom stereocenters. The van der Waals surface area contributed by atoms with E-state index in [1.54, 1.807) is 0 Å². The van der Waals surface area contributed by atoms with Gasteiger partial charge in [0.15, 0.2) is 5.75 Å². The van der Waals surface area contributed by atoms with Gasteiger partial charge in [0.1, 0.15) is 35.7 Å². The first-order chi connectivity index (χ1) is 16.9. The molecule has 10 heteroatoms. The first-order valence-electron chi connectivity index (χ1n) is 12.3. The zero-order valence-electron chi connectivity index (χ0n) is 20.0. The molecule has 0 bridgehead atoms. The van der Waals surface area contributed by atoms with Crippen LogP contribution in [0.25, 0.3) is 11.0 Å². The van der Waals surface area contributed by atoms with Crippen LogP contribution in [-0.4, -0.2) is 69.5 Å². The van der Waals surface area contributed by atoms with Gasteiger partial charge in [0.25, 0.3) is 0 Å². The van der Waals surface area contributed by atoms with Crippen molar-refractivity contribution in [3.8, 4) is 17.2 Å². The van der Waals surface area contributed by atoms with Crippen molar-refractivity contribution in [2.24, 2.45) is 0 Å². The molecule has 0 spiro atoms. The minimum atomic E-state index is -1.59. The lowest BCUT2D eigenvalue weighted by atomic mass is 9.99. The van der Waals surface area contributed by atoms with Gasteiger partial charge in [-0.3, -0.25) is 0 Å². The molecule has 1 aliphatic heterocycles. The van der Waals surface area contributed by atoms with E-state index < -0.39 is 42.9 Å². The molecule has 5 atom stereocenters. The monoisotopic (exact) mass is 496 g/mol. The van der Waals surface area contributed by atoms with Crippen LogP contribution in [0.5, 0.6) is 17.2 Å². The summed E-state index contributed by atoms with van der Waals surface area (Å²) in [6.45, 7) is 1.89. The zero-order valence-corrected chi connectivity index (χ0v) is 20.0. The number of aliphatic hydroxyl groups is 4. The van der Waals surface area contributed by atoms with E-state index in [0.717, 1.165) is 19.3 Å². The van der Waals surface area contributed by atoms with Gasteiger partial charge < -0.3 is 44.2 Å². The molecule has 10 nitrogen and oxygen atoms in total. The molecule has 1 aromatic heterocycles. The molecule has 1 fully saturated rings. The van der Waals surface area contributed by atoms with Crippen molar-refractivity contribution in [2.45, 2.75) is 89.0 Å². The Bertz CT molecular complexity index is 988. The van der Waals surface area contributed by atoms with Gasteiger partial charge >= 0.3 is 5.63 Å². The minimum Gasteiger partial charge on any atom is -0.504 e. The van der Waals surface area contributed by atoms with Gasteiger partial charge in [-0.2, -0.15) is 0 Å². The summed E-state index contributed by atoms with van der Waals surface area (Å²) in [6, 6.07) is 4.22. The second-order valence-electron chi connectivity index (χ2n) is 8.86. The van der Waals surface area contributed by atoms with E-state index in [2.05, 4.69) is 6.92 Å².